The molecule has 0 atom stereocenters. The minimum absolute atomic E-state index is 0.0449. The van der Waals surface area contributed by atoms with E-state index in [0.29, 0.717) is 37.5 Å². The van der Waals surface area contributed by atoms with Crippen molar-refractivity contribution >= 4 is 17.4 Å². The molecule has 1 aliphatic carbocycles. The number of carbonyl (C=O) groups excluding carboxylic acids is 1. The van der Waals surface area contributed by atoms with Crippen molar-refractivity contribution in [2.45, 2.75) is 44.1 Å². The number of phenols is 1. The summed E-state index contributed by atoms with van der Waals surface area (Å²) in [6, 6.07) is 10.0. The van der Waals surface area contributed by atoms with Crippen LogP contribution in [-0.4, -0.2) is 36.1 Å². The van der Waals surface area contributed by atoms with E-state index in [2.05, 4.69) is 10.3 Å². The molecule has 1 amide bonds. The number of aliphatic imine (C=N–C) groups is 1. The molecule has 6 nitrogen and oxygen atoms in total. The Balaban J connectivity index is 1.58. The van der Waals surface area contributed by atoms with Crippen LogP contribution in [0.25, 0.3) is 11.1 Å². The summed E-state index contributed by atoms with van der Waals surface area (Å²) in [5, 5.41) is 14.1. The fourth-order valence-electron chi connectivity index (χ4n) is 4.53. The van der Waals surface area contributed by atoms with Crippen LogP contribution in [0.5, 0.6) is 5.75 Å². The molecule has 3 aliphatic rings. The molecule has 2 aromatic carbocycles. The Bertz CT molecular complexity index is 1030. The minimum atomic E-state index is -0.494. The quantitative estimate of drug-likeness (QED) is 0.553. The molecule has 29 heavy (non-hydrogen) atoms. The molecule has 5 rings (SSSR count). The van der Waals surface area contributed by atoms with Crippen LogP contribution in [0.4, 0.5) is 5.69 Å². The number of rotatable bonds is 3. The lowest BCUT2D eigenvalue weighted by molar-refractivity contribution is -0.124. The summed E-state index contributed by atoms with van der Waals surface area (Å²) < 4.78 is 5.48. The SMILES string of the molecule is Cc1ccc(C(N)=NC2CC2)c(O)c1-c1ccc2c(c1)NC(=O)C21CCOCC1. The Hall–Kier alpha value is -2.86. The average molecular weight is 391 g/mol. The summed E-state index contributed by atoms with van der Waals surface area (Å²) in [6.45, 7) is 3.14. The van der Waals surface area contributed by atoms with Gasteiger partial charge in [-0.25, -0.2) is 0 Å². The third-order valence-corrected chi connectivity index (χ3v) is 6.38. The van der Waals surface area contributed by atoms with E-state index in [9.17, 15) is 9.90 Å². The van der Waals surface area contributed by atoms with Crippen molar-refractivity contribution in [1.29, 1.82) is 0 Å². The van der Waals surface area contributed by atoms with Gasteiger partial charge < -0.3 is 20.9 Å². The second-order valence-corrected chi connectivity index (χ2v) is 8.31. The molecule has 2 aliphatic heterocycles. The zero-order valence-electron chi connectivity index (χ0n) is 16.5. The van der Waals surface area contributed by atoms with Crippen LogP contribution in [0.15, 0.2) is 35.3 Å². The predicted octanol–water partition coefficient (Wildman–Crippen LogP) is 3.24. The smallest absolute Gasteiger partial charge is 0.235 e. The number of nitrogens with two attached hydrogens (primary N) is 1. The predicted molar refractivity (Wildman–Crippen MR) is 112 cm³/mol. The molecular formula is C23H25N3O3. The van der Waals surface area contributed by atoms with E-state index in [4.69, 9.17) is 10.5 Å². The number of hydrogen-bond donors (Lipinski definition) is 3. The van der Waals surface area contributed by atoms with Crippen molar-refractivity contribution in [2.75, 3.05) is 18.5 Å². The van der Waals surface area contributed by atoms with Crippen LogP contribution >= 0.6 is 0 Å². The van der Waals surface area contributed by atoms with Gasteiger partial charge in [0.2, 0.25) is 5.91 Å². The zero-order valence-corrected chi connectivity index (χ0v) is 16.5. The fourth-order valence-corrected chi connectivity index (χ4v) is 4.53. The number of hydrogen-bond acceptors (Lipinski definition) is 4. The first-order valence-corrected chi connectivity index (χ1v) is 10.2. The lowest BCUT2D eigenvalue weighted by Gasteiger charge is -2.31. The van der Waals surface area contributed by atoms with E-state index in [1.165, 1.54) is 0 Å². The average Bonchev–Trinajstić information content (AvgIpc) is 3.48. The van der Waals surface area contributed by atoms with Gasteiger partial charge in [-0.1, -0.05) is 18.2 Å². The summed E-state index contributed by atoms with van der Waals surface area (Å²) in [7, 11) is 0. The Morgan fingerprint density at radius 2 is 2.00 bits per heavy atom. The summed E-state index contributed by atoms with van der Waals surface area (Å²) >= 11 is 0. The second-order valence-electron chi connectivity index (χ2n) is 8.31. The summed E-state index contributed by atoms with van der Waals surface area (Å²) in [5.74, 6) is 0.558. The van der Waals surface area contributed by atoms with Crippen LogP contribution in [0.2, 0.25) is 0 Å². The normalized spacial score (nSPS) is 20.6. The number of ether oxygens (including phenoxy) is 1. The Morgan fingerprint density at radius 3 is 2.72 bits per heavy atom. The van der Waals surface area contributed by atoms with Crippen LogP contribution in [0.3, 0.4) is 0 Å². The lowest BCUT2D eigenvalue weighted by atomic mass is 9.75. The molecule has 6 heteroatoms. The number of aromatic hydroxyl groups is 1. The highest BCUT2D eigenvalue weighted by Crippen LogP contribution is 2.47. The van der Waals surface area contributed by atoms with Crippen molar-refractivity contribution in [2.24, 2.45) is 10.7 Å². The maximum absolute atomic E-state index is 12.8. The molecule has 2 heterocycles. The maximum atomic E-state index is 12.8. The molecule has 1 saturated carbocycles. The zero-order chi connectivity index (χ0) is 20.2. The lowest BCUT2D eigenvalue weighted by Crippen LogP contribution is -2.39. The molecule has 0 aromatic heterocycles. The van der Waals surface area contributed by atoms with Gasteiger partial charge in [-0.2, -0.15) is 0 Å². The van der Waals surface area contributed by atoms with Crippen LogP contribution < -0.4 is 11.1 Å². The van der Waals surface area contributed by atoms with Crippen LogP contribution in [0.1, 0.15) is 42.4 Å². The van der Waals surface area contributed by atoms with E-state index in [1.807, 2.05) is 37.3 Å². The largest absolute Gasteiger partial charge is 0.507 e. The van der Waals surface area contributed by atoms with E-state index in [-0.39, 0.29) is 17.7 Å². The monoisotopic (exact) mass is 391 g/mol. The van der Waals surface area contributed by atoms with E-state index < -0.39 is 5.41 Å². The number of amides is 1. The van der Waals surface area contributed by atoms with Gasteiger partial charge >= 0.3 is 0 Å². The molecule has 2 aromatic rings. The maximum Gasteiger partial charge on any atom is 0.235 e. The molecule has 4 N–H and O–H groups in total. The van der Waals surface area contributed by atoms with Crippen LogP contribution in [-0.2, 0) is 14.9 Å². The number of anilines is 1. The van der Waals surface area contributed by atoms with Gasteiger partial charge in [0.05, 0.1) is 17.0 Å². The first-order chi connectivity index (χ1) is 14.0. The molecule has 0 radical (unpaired) electrons. The van der Waals surface area contributed by atoms with Gasteiger partial charge in [-0.3, -0.25) is 9.79 Å². The summed E-state index contributed by atoms with van der Waals surface area (Å²) in [5.41, 5.74) is 10.6. The van der Waals surface area contributed by atoms with Crippen molar-refractivity contribution in [3.63, 3.8) is 0 Å². The summed E-state index contributed by atoms with van der Waals surface area (Å²) in [4.78, 5) is 17.3. The molecule has 150 valence electrons. The van der Waals surface area contributed by atoms with Gasteiger partial charge in [0.1, 0.15) is 11.6 Å². The minimum Gasteiger partial charge on any atom is -0.507 e. The Kier molecular flexibility index (Phi) is 4.13. The number of amidine groups is 1. The number of nitrogens with one attached hydrogen (secondary N) is 1. The van der Waals surface area contributed by atoms with Gasteiger partial charge in [0, 0.05) is 24.5 Å². The second kappa shape index (κ2) is 6.59. The van der Waals surface area contributed by atoms with Gasteiger partial charge in [-0.15, -0.1) is 0 Å². The van der Waals surface area contributed by atoms with E-state index in [0.717, 1.165) is 40.8 Å². The standard InChI is InChI=1S/C23H25N3O3/c1-13-2-6-16(21(24)25-15-4-5-15)20(27)19(13)14-3-7-17-18(12-14)26-22(28)23(17)8-10-29-11-9-23/h2-3,6-7,12,15,27H,4-5,8-11H2,1H3,(H2,24,25)(H,26,28). The van der Waals surface area contributed by atoms with Gasteiger partial charge in [-0.05, 0) is 61.4 Å². The van der Waals surface area contributed by atoms with Gasteiger partial charge in [0.25, 0.3) is 0 Å². The highest BCUT2D eigenvalue weighted by atomic mass is 16.5. The van der Waals surface area contributed by atoms with Crippen molar-refractivity contribution in [3.8, 4) is 16.9 Å². The molecular weight excluding hydrogens is 366 g/mol. The Morgan fingerprint density at radius 1 is 1.24 bits per heavy atom. The van der Waals surface area contributed by atoms with Gasteiger partial charge in [0.15, 0.2) is 0 Å². The number of fused-ring (bicyclic) bond motifs is 2. The third kappa shape index (κ3) is 2.90. The number of nitrogens with zero attached hydrogens (tertiary/aromatic N) is 1. The van der Waals surface area contributed by atoms with Crippen LogP contribution in [0, 0.1) is 6.92 Å². The van der Waals surface area contributed by atoms with E-state index in [1.54, 1.807) is 0 Å². The molecule has 0 bridgehead atoms. The Labute approximate surface area is 169 Å². The highest BCUT2D eigenvalue weighted by molar-refractivity contribution is 6.07. The number of carbonyl (C=O) groups is 1. The van der Waals surface area contributed by atoms with Crippen molar-refractivity contribution < 1.29 is 14.6 Å². The number of phenolic OH excluding ortho intramolecular Hbond substituents is 1. The molecule has 0 unspecified atom stereocenters. The number of benzene rings is 2. The van der Waals surface area contributed by atoms with Crippen molar-refractivity contribution in [3.05, 3.63) is 47.0 Å². The number of aryl methyl sites for hydroxylation is 1. The molecule has 2 fully saturated rings. The third-order valence-electron chi connectivity index (χ3n) is 6.38. The summed E-state index contributed by atoms with van der Waals surface area (Å²) in [6.07, 6.45) is 3.49. The molecule has 1 spiro atoms. The highest BCUT2D eigenvalue weighted by Gasteiger charge is 2.47. The first kappa shape index (κ1) is 18.2. The fraction of sp³-hybridized carbons (Fsp3) is 0.391. The van der Waals surface area contributed by atoms with Crippen molar-refractivity contribution in [1.82, 2.24) is 0 Å². The molecule has 1 saturated heterocycles. The first-order valence-electron chi connectivity index (χ1n) is 10.2. The topological polar surface area (TPSA) is 96.9 Å². The van der Waals surface area contributed by atoms with E-state index >= 15 is 0 Å².